The van der Waals surface area contributed by atoms with Gasteiger partial charge < -0.3 is 0 Å². The molecule has 0 spiro atoms. The van der Waals surface area contributed by atoms with Gasteiger partial charge in [0.25, 0.3) is 0 Å². The van der Waals surface area contributed by atoms with Gasteiger partial charge in [0.1, 0.15) is 0 Å². The highest BCUT2D eigenvalue weighted by molar-refractivity contribution is 8.08. The molecule has 82 valence electrons. The predicted octanol–water partition coefficient (Wildman–Crippen LogP) is 3.82. The van der Waals surface area contributed by atoms with Crippen LogP contribution in [0.15, 0.2) is 24.9 Å². The Morgan fingerprint density at radius 1 is 1.53 bits per heavy atom. The van der Waals surface area contributed by atoms with Gasteiger partial charge in [-0.05, 0) is 17.9 Å². The minimum absolute atomic E-state index is 0.289. The van der Waals surface area contributed by atoms with Gasteiger partial charge in [-0.3, -0.25) is 4.98 Å². The largest absolute Gasteiger partial charge is 0.416 e. The maximum atomic E-state index is 12.4. The molecule has 1 heterocycles. The number of nitrogens with zero attached hydrogens (tertiary/aromatic N) is 1. The zero-order valence-corrected chi connectivity index (χ0v) is 8.95. The Bertz CT molecular complexity index is 360. The van der Waals surface area contributed by atoms with Crippen molar-refractivity contribution in [2.45, 2.75) is 13.1 Å². The third-order valence-corrected chi connectivity index (χ3v) is 2.54. The van der Waals surface area contributed by atoms with Gasteiger partial charge in [-0.2, -0.15) is 13.2 Å². The second-order valence-corrected chi connectivity index (χ2v) is 4.14. The number of hydrogen-bond acceptors (Lipinski definition) is 2. The van der Waals surface area contributed by atoms with E-state index < -0.39 is 11.7 Å². The molecule has 0 unspecified atom stereocenters. The van der Waals surface area contributed by atoms with Crippen LogP contribution in [-0.2, 0) is 6.18 Å². The number of alkyl halides is 3. The van der Waals surface area contributed by atoms with Crippen molar-refractivity contribution < 1.29 is 13.2 Å². The highest BCUT2D eigenvalue weighted by Gasteiger charge is 2.30. The van der Waals surface area contributed by atoms with Crippen molar-refractivity contribution in [2.75, 3.05) is 5.75 Å². The van der Waals surface area contributed by atoms with E-state index in [0.29, 0.717) is 4.91 Å². The SMILES string of the molecule is C=C(SCC)c1cc(C(F)(F)F)ccn1. The second-order valence-electron chi connectivity index (χ2n) is 2.78. The zero-order chi connectivity index (χ0) is 11.5. The molecule has 1 rings (SSSR count). The second kappa shape index (κ2) is 4.70. The van der Waals surface area contributed by atoms with Crippen molar-refractivity contribution in [1.29, 1.82) is 0 Å². The summed E-state index contributed by atoms with van der Waals surface area (Å²) in [6, 6.07) is 1.97. The minimum Gasteiger partial charge on any atom is -0.256 e. The number of thioether (sulfide) groups is 1. The van der Waals surface area contributed by atoms with Crippen molar-refractivity contribution in [1.82, 2.24) is 4.98 Å². The van der Waals surface area contributed by atoms with Crippen molar-refractivity contribution in [3.8, 4) is 0 Å². The maximum Gasteiger partial charge on any atom is 0.416 e. The average molecular weight is 233 g/mol. The Balaban J connectivity index is 2.98. The predicted molar refractivity (Wildman–Crippen MR) is 56.4 cm³/mol. The summed E-state index contributed by atoms with van der Waals surface area (Å²) in [6.07, 6.45) is -3.17. The van der Waals surface area contributed by atoms with E-state index in [1.165, 1.54) is 11.8 Å². The van der Waals surface area contributed by atoms with Crippen LogP contribution in [-0.4, -0.2) is 10.7 Å². The number of hydrogen-bond donors (Lipinski definition) is 0. The molecular weight excluding hydrogens is 223 g/mol. The summed E-state index contributed by atoms with van der Waals surface area (Å²) < 4.78 is 37.1. The molecular formula is C10H10F3NS. The fourth-order valence-corrected chi connectivity index (χ4v) is 1.62. The molecule has 1 aromatic heterocycles. The molecule has 5 heteroatoms. The van der Waals surface area contributed by atoms with E-state index in [4.69, 9.17) is 0 Å². The third kappa shape index (κ3) is 3.27. The lowest BCUT2D eigenvalue weighted by Crippen LogP contribution is -2.05. The Hall–Kier alpha value is -0.970. The van der Waals surface area contributed by atoms with Gasteiger partial charge in [-0.25, -0.2) is 0 Å². The lowest BCUT2D eigenvalue weighted by Gasteiger charge is -2.08. The van der Waals surface area contributed by atoms with Crippen LogP contribution in [0.5, 0.6) is 0 Å². The van der Waals surface area contributed by atoms with Crippen LogP contribution in [0.25, 0.3) is 4.91 Å². The molecule has 0 saturated heterocycles. The highest BCUT2D eigenvalue weighted by atomic mass is 32.2. The van der Waals surface area contributed by atoms with E-state index in [1.54, 1.807) is 0 Å². The summed E-state index contributed by atoms with van der Waals surface area (Å²) >= 11 is 1.38. The third-order valence-electron chi connectivity index (χ3n) is 1.69. The summed E-state index contributed by atoms with van der Waals surface area (Å²) in [6.45, 7) is 5.58. The molecule has 0 bridgehead atoms. The number of rotatable bonds is 3. The zero-order valence-electron chi connectivity index (χ0n) is 8.14. The lowest BCUT2D eigenvalue weighted by molar-refractivity contribution is -0.137. The Kier molecular flexibility index (Phi) is 3.79. The van der Waals surface area contributed by atoms with Crippen molar-refractivity contribution in [3.63, 3.8) is 0 Å². The van der Waals surface area contributed by atoms with Crippen LogP contribution in [0.3, 0.4) is 0 Å². The average Bonchev–Trinajstić information content (AvgIpc) is 2.17. The summed E-state index contributed by atoms with van der Waals surface area (Å²) in [5.41, 5.74) is -0.401. The van der Waals surface area contributed by atoms with Crippen LogP contribution in [0.4, 0.5) is 13.2 Å². The first kappa shape index (κ1) is 12.1. The fraction of sp³-hybridized carbons (Fsp3) is 0.300. The van der Waals surface area contributed by atoms with Crippen molar-refractivity contribution >= 4 is 16.7 Å². The highest BCUT2D eigenvalue weighted by Crippen LogP contribution is 2.31. The molecule has 15 heavy (non-hydrogen) atoms. The Morgan fingerprint density at radius 2 is 2.20 bits per heavy atom. The normalized spacial score (nSPS) is 11.5. The fourth-order valence-electron chi connectivity index (χ4n) is 1.01. The van der Waals surface area contributed by atoms with Crippen LogP contribution in [0.1, 0.15) is 18.2 Å². The molecule has 0 atom stereocenters. The summed E-state index contributed by atoms with van der Waals surface area (Å²) in [5.74, 6) is 0.761. The summed E-state index contributed by atoms with van der Waals surface area (Å²) in [7, 11) is 0. The quantitative estimate of drug-likeness (QED) is 0.787. The molecule has 0 fully saturated rings. The van der Waals surface area contributed by atoms with E-state index >= 15 is 0 Å². The molecule has 0 aliphatic rings. The van der Waals surface area contributed by atoms with Gasteiger partial charge in [-0.1, -0.05) is 13.5 Å². The molecule has 0 aromatic carbocycles. The first-order valence-corrected chi connectivity index (χ1v) is 5.29. The van der Waals surface area contributed by atoms with E-state index in [0.717, 1.165) is 24.1 Å². The van der Waals surface area contributed by atoms with Gasteiger partial charge in [0.2, 0.25) is 0 Å². The Labute approximate surface area is 90.4 Å². The van der Waals surface area contributed by atoms with E-state index in [2.05, 4.69) is 11.6 Å². The van der Waals surface area contributed by atoms with Crippen LogP contribution >= 0.6 is 11.8 Å². The topological polar surface area (TPSA) is 12.9 Å². The minimum atomic E-state index is -4.32. The molecule has 0 amide bonds. The van der Waals surface area contributed by atoms with Crippen molar-refractivity contribution in [3.05, 3.63) is 36.2 Å². The smallest absolute Gasteiger partial charge is 0.256 e. The van der Waals surface area contributed by atoms with Crippen LogP contribution in [0, 0.1) is 0 Å². The van der Waals surface area contributed by atoms with E-state index in [9.17, 15) is 13.2 Å². The molecule has 0 N–H and O–H groups in total. The van der Waals surface area contributed by atoms with Crippen molar-refractivity contribution in [2.24, 2.45) is 0 Å². The number of pyridine rings is 1. The van der Waals surface area contributed by atoms with E-state index in [-0.39, 0.29) is 5.69 Å². The molecule has 1 aromatic rings. The van der Waals surface area contributed by atoms with Gasteiger partial charge in [0.15, 0.2) is 0 Å². The summed E-state index contributed by atoms with van der Waals surface area (Å²) in [4.78, 5) is 4.41. The van der Waals surface area contributed by atoms with Gasteiger partial charge >= 0.3 is 6.18 Å². The van der Waals surface area contributed by atoms with Gasteiger partial charge in [-0.15, -0.1) is 11.8 Å². The molecule has 0 radical (unpaired) electrons. The summed E-state index contributed by atoms with van der Waals surface area (Å²) in [5, 5.41) is 0. The Morgan fingerprint density at radius 3 is 2.73 bits per heavy atom. The molecule has 0 aliphatic carbocycles. The van der Waals surface area contributed by atoms with E-state index in [1.807, 2.05) is 6.92 Å². The van der Waals surface area contributed by atoms with Gasteiger partial charge in [0, 0.05) is 11.1 Å². The molecule has 0 saturated carbocycles. The molecule has 1 nitrogen and oxygen atoms in total. The number of halogens is 3. The monoisotopic (exact) mass is 233 g/mol. The first-order valence-electron chi connectivity index (χ1n) is 4.30. The lowest BCUT2D eigenvalue weighted by atomic mass is 10.2. The first-order chi connectivity index (χ1) is 6.95. The maximum absolute atomic E-state index is 12.4. The van der Waals surface area contributed by atoms with Crippen LogP contribution in [0.2, 0.25) is 0 Å². The van der Waals surface area contributed by atoms with Crippen LogP contribution < -0.4 is 0 Å². The number of aromatic nitrogens is 1. The van der Waals surface area contributed by atoms with Gasteiger partial charge in [0.05, 0.1) is 11.3 Å². The molecule has 0 aliphatic heterocycles. The standard InChI is InChI=1S/C10H10F3NS/c1-3-15-7(2)9-6-8(4-5-14-9)10(11,12)13/h4-6H,2-3H2,1H3.